The highest BCUT2D eigenvalue weighted by Gasteiger charge is 2.18. The summed E-state index contributed by atoms with van der Waals surface area (Å²) in [6.07, 6.45) is -0.501. The lowest BCUT2D eigenvalue weighted by atomic mass is 10.1. The number of anilines is 1. The second kappa shape index (κ2) is 6.63. The minimum Gasteiger partial charge on any atom is -0.386 e. The van der Waals surface area contributed by atoms with Gasteiger partial charge >= 0.3 is 0 Å². The summed E-state index contributed by atoms with van der Waals surface area (Å²) in [5.41, 5.74) is -0.774. The zero-order valence-electron chi connectivity index (χ0n) is 11.0. The molecule has 0 bridgehead atoms. The molecule has 0 aliphatic rings. The van der Waals surface area contributed by atoms with E-state index >= 15 is 0 Å². The van der Waals surface area contributed by atoms with Crippen molar-refractivity contribution in [2.24, 2.45) is 0 Å². The molecule has 1 aromatic heterocycles. The number of nitro groups is 1. The molecular weight excluding hydrogens is 320 g/mol. The first-order valence-corrected chi connectivity index (χ1v) is 6.43. The molecule has 2 aromatic rings. The van der Waals surface area contributed by atoms with E-state index < -0.39 is 28.2 Å². The second-order valence-corrected chi connectivity index (χ2v) is 4.72. The molecule has 2 N–H and O–H groups in total. The van der Waals surface area contributed by atoms with Gasteiger partial charge in [-0.1, -0.05) is 17.7 Å². The van der Waals surface area contributed by atoms with Crippen LogP contribution in [0.2, 0.25) is 5.02 Å². The molecule has 0 saturated carbocycles. The van der Waals surface area contributed by atoms with Gasteiger partial charge in [-0.2, -0.15) is 0 Å². The molecule has 1 atom stereocenters. The smallest absolute Gasteiger partial charge is 0.289 e. The fraction of sp³-hybridized carbons (Fsp3) is 0.154. The van der Waals surface area contributed by atoms with Crippen LogP contribution in [0.3, 0.4) is 0 Å². The summed E-state index contributed by atoms with van der Waals surface area (Å²) >= 11 is 5.81. The molecule has 6 nitrogen and oxygen atoms in total. The van der Waals surface area contributed by atoms with E-state index in [-0.39, 0.29) is 23.1 Å². The fourth-order valence-electron chi connectivity index (χ4n) is 1.78. The van der Waals surface area contributed by atoms with Crippen molar-refractivity contribution in [1.29, 1.82) is 0 Å². The minimum atomic E-state index is -1.48. The third-order valence-corrected chi connectivity index (χ3v) is 3.12. The van der Waals surface area contributed by atoms with Crippen LogP contribution in [-0.4, -0.2) is 21.6 Å². The molecule has 0 saturated heterocycles. The van der Waals surface area contributed by atoms with Gasteiger partial charge in [0.15, 0.2) is 0 Å². The number of aliphatic hydroxyl groups excluding tert-OH is 1. The Balaban J connectivity index is 2.11. The Bertz CT molecular complexity index is 695. The Labute approximate surface area is 128 Å². The van der Waals surface area contributed by atoms with Crippen molar-refractivity contribution in [2.45, 2.75) is 6.10 Å². The van der Waals surface area contributed by atoms with Crippen molar-refractivity contribution in [3.8, 4) is 0 Å². The van der Waals surface area contributed by atoms with E-state index in [1.54, 1.807) is 0 Å². The van der Waals surface area contributed by atoms with Gasteiger partial charge < -0.3 is 10.4 Å². The molecule has 1 aromatic carbocycles. The van der Waals surface area contributed by atoms with E-state index in [4.69, 9.17) is 11.6 Å². The lowest BCUT2D eigenvalue weighted by molar-refractivity contribution is -0.385. The highest BCUT2D eigenvalue weighted by atomic mass is 35.5. The summed E-state index contributed by atoms with van der Waals surface area (Å²) in [6, 6.07) is 4.31. The van der Waals surface area contributed by atoms with E-state index in [0.717, 1.165) is 24.4 Å². The van der Waals surface area contributed by atoms with Crippen LogP contribution in [0, 0.1) is 21.7 Å². The summed E-state index contributed by atoms with van der Waals surface area (Å²) in [7, 11) is 0. The highest BCUT2D eigenvalue weighted by molar-refractivity contribution is 6.33. The molecule has 0 aliphatic heterocycles. The molecule has 0 aliphatic carbocycles. The monoisotopic (exact) mass is 329 g/mol. The number of pyridine rings is 1. The normalized spacial score (nSPS) is 12.0. The topological polar surface area (TPSA) is 88.3 Å². The summed E-state index contributed by atoms with van der Waals surface area (Å²) in [5, 5.41) is 22.9. The van der Waals surface area contributed by atoms with Crippen molar-refractivity contribution >= 4 is 23.1 Å². The Hall–Kier alpha value is -2.32. The molecule has 2 rings (SSSR count). The molecule has 1 heterocycles. The van der Waals surface area contributed by atoms with E-state index in [1.165, 1.54) is 6.07 Å². The van der Waals surface area contributed by atoms with Crippen LogP contribution < -0.4 is 5.32 Å². The number of rotatable bonds is 5. The molecule has 116 valence electrons. The number of hydrogen-bond donors (Lipinski definition) is 2. The van der Waals surface area contributed by atoms with Crippen LogP contribution in [0.5, 0.6) is 0 Å². The average Bonchev–Trinajstić information content (AvgIpc) is 2.45. The van der Waals surface area contributed by atoms with Crippen molar-refractivity contribution in [3.63, 3.8) is 0 Å². The van der Waals surface area contributed by atoms with Crippen LogP contribution in [0.25, 0.3) is 0 Å². The lowest BCUT2D eigenvalue weighted by Gasteiger charge is -2.14. The zero-order chi connectivity index (χ0) is 16.3. The Morgan fingerprint density at radius 1 is 1.41 bits per heavy atom. The van der Waals surface area contributed by atoms with E-state index in [1.807, 2.05) is 0 Å². The Kier molecular flexibility index (Phi) is 4.84. The first kappa shape index (κ1) is 16.1. The van der Waals surface area contributed by atoms with E-state index in [2.05, 4.69) is 10.3 Å². The minimum absolute atomic E-state index is 0.0459. The zero-order valence-corrected chi connectivity index (χ0v) is 11.7. The number of benzene rings is 1. The second-order valence-electron chi connectivity index (χ2n) is 4.31. The van der Waals surface area contributed by atoms with Gasteiger partial charge in [-0.25, -0.2) is 13.8 Å². The van der Waals surface area contributed by atoms with E-state index in [0.29, 0.717) is 0 Å². The van der Waals surface area contributed by atoms with Crippen LogP contribution in [0.4, 0.5) is 20.3 Å². The van der Waals surface area contributed by atoms with Crippen molar-refractivity contribution in [1.82, 2.24) is 4.98 Å². The predicted octanol–water partition coefficient (Wildman–Crippen LogP) is 3.07. The summed E-state index contributed by atoms with van der Waals surface area (Å²) in [4.78, 5) is 13.6. The number of nitrogens with zero attached hydrogens (tertiary/aromatic N) is 2. The molecule has 0 radical (unpaired) electrons. The number of aliphatic hydroxyl groups is 1. The molecular formula is C13H10ClF2N3O3. The van der Waals surface area contributed by atoms with Crippen LogP contribution >= 0.6 is 11.6 Å². The third kappa shape index (κ3) is 3.46. The molecule has 22 heavy (non-hydrogen) atoms. The van der Waals surface area contributed by atoms with Crippen LogP contribution in [0.1, 0.15) is 11.7 Å². The van der Waals surface area contributed by atoms with Gasteiger partial charge in [0, 0.05) is 12.6 Å². The largest absolute Gasteiger partial charge is 0.386 e. The summed E-state index contributed by atoms with van der Waals surface area (Å²) in [6.45, 7) is -0.275. The van der Waals surface area contributed by atoms with Gasteiger partial charge in [0.05, 0.1) is 15.5 Å². The van der Waals surface area contributed by atoms with Crippen LogP contribution in [0.15, 0.2) is 30.5 Å². The van der Waals surface area contributed by atoms with Gasteiger partial charge in [0.2, 0.25) is 0 Å². The highest BCUT2D eigenvalue weighted by Crippen LogP contribution is 2.25. The standard InChI is InChI=1S/C13H10ClF2N3O3/c14-8-4-7(19(21)22)5-17-13(8)18-6-11(20)12-9(15)2-1-3-10(12)16/h1-5,11,20H,6H2,(H,17,18). The lowest BCUT2D eigenvalue weighted by Crippen LogP contribution is -2.16. The summed E-state index contributed by atoms with van der Waals surface area (Å²) < 4.78 is 27.0. The maximum absolute atomic E-state index is 13.5. The Morgan fingerprint density at radius 3 is 2.59 bits per heavy atom. The molecule has 9 heteroatoms. The SMILES string of the molecule is O=[N+]([O-])c1cnc(NCC(O)c2c(F)cccc2F)c(Cl)c1. The summed E-state index contributed by atoms with van der Waals surface area (Å²) in [5.74, 6) is -1.70. The predicted molar refractivity (Wildman–Crippen MR) is 75.7 cm³/mol. The quantitative estimate of drug-likeness (QED) is 0.650. The maximum atomic E-state index is 13.5. The number of nitrogens with one attached hydrogen (secondary N) is 1. The van der Waals surface area contributed by atoms with Crippen molar-refractivity contribution in [3.05, 3.63) is 62.8 Å². The number of halogens is 3. The van der Waals surface area contributed by atoms with Gasteiger partial charge in [-0.05, 0) is 12.1 Å². The van der Waals surface area contributed by atoms with Gasteiger partial charge in [0.25, 0.3) is 5.69 Å². The van der Waals surface area contributed by atoms with Crippen molar-refractivity contribution < 1.29 is 18.8 Å². The molecule has 0 spiro atoms. The first-order chi connectivity index (χ1) is 10.4. The molecule has 1 unspecified atom stereocenters. The number of aromatic nitrogens is 1. The Morgan fingerprint density at radius 2 is 2.05 bits per heavy atom. The van der Waals surface area contributed by atoms with Gasteiger partial charge in [-0.15, -0.1) is 0 Å². The maximum Gasteiger partial charge on any atom is 0.289 e. The average molecular weight is 330 g/mol. The van der Waals surface area contributed by atoms with Crippen LogP contribution in [-0.2, 0) is 0 Å². The van der Waals surface area contributed by atoms with Gasteiger partial charge in [-0.3, -0.25) is 10.1 Å². The molecule has 0 fully saturated rings. The fourth-order valence-corrected chi connectivity index (χ4v) is 2.01. The number of hydrogen-bond acceptors (Lipinski definition) is 5. The molecule has 0 amide bonds. The van der Waals surface area contributed by atoms with Crippen molar-refractivity contribution in [2.75, 3.05) is 11.9 Å². The van der Waals surface area contributed by atoms with E-state index in [9.17, 15) is 24.0 Å². The first-order valence-electron chi connectivity index (χ1n) is 6.06. The van der Waals surface area contributed by atoms with Gasteiger partial charge in [0.1, 0.15) is 29.8 Å². The third-order valence-electron chi connectivity index (χ3n) is 2.83.